The van der Waals surface area contributed by atoms with E-state index in [-0.39, 0.29) is 17.0 Å². The molecule has 3 aromatic rings. The molecule has 1 N–H and O–H groups in total. The minimum atomic E-state index is -0.662. The minimum Gasteiger partial charge on any atom is -0.290 e. The lowest BCUT2D eigenvalue weighted by molar-refractivity contribution is 0.0507. The van der Waals surface area contributed by atoms with Gasteiger partial charge in [0.1, 0.15) is 0 Å². The van der Waals surface area contributed by atoms with Gasteiger partial charge in [0.2, 0.25) is 5.95 Å². The molecule has 0 saturated carbocycles. The molecule has 0 fully saturated rings. The topological polar surface area (TPSA) is 97.2 Å². The summed E-state index contributed by atoms with van der Waals surface area (Å²) in [6.45, 7) is 7.86. The van der Waals surface area contributed by atoms with Crippen molar-refractivity contribution in [3.63, 3.8) is 0 Å². The summed E-state index contributed by atoms with van der Waals surface area (Å²) in [4.78, 5) is 39.7. The molecular weight excluding hydrogens is 474 g/mol. The predicted molar refractivity (Wildman–Crippen MR) is 131 cm³/mol. The van der Waals surface area contributed by atoms with E-state index in [1.807, 2.05) is 31.2 Å². The SMILES string of the molecule is CCn1c(NC(=O)c2ccc3c(c2)C(=O)N(C(C)(C)C)C3=O)nnc1SCc1ccccc1Cl. The van der Waals surface area contributed by atoms with Crippen molar-refractivity contribution in [2.75, 3.05) is 5.32 Å². The van der Waals surface area contributed by atoms with Crippen LogP contribution in [0, 0.1) is 0 Å². The minimum absolute atomic E-state index is 0.223. The Morgan fingerprint density at radius 3 is 2.44 bits per heavy atom. The van der Waals surface area contributed by atoms with Crippen LogP contribution < -0.4 is 5.32 Å². The molecule has 0 aliphatic carbocycles. The van der Waals surface area contributed by atoms with Crippen molar-refractivity contribution in [3.8, 4) is 0 Å². The van der Waals surface area contributed by atoms with E-state index in [0.29, 0.717) is 34.0 Å². The Kier molecular flexibility index (Phi) is 6.51. The Morgan fingerprint density at radius 1 is 1.06 bits per heavy atom. The van der Waals surface area contributed by atoms with E-state index in [1.165, 1.54) is 34.9 Å². The number of halogens is 1. The third-order valence-electron chi connectivity index (χ3n) is 5.39. The molecule has 4 rings (SSSR count). The molecule has 1 aliphatic rings. The third kappa shape index (κ3) is 4.45. The molecule has 8 nitrogen and oxygen atoms in total. The third-order valence-corrected chi connectivity index (χ3v) is 6.78. The van der Waals surface area contributed by atoms with E-state index in [4.69, 9.17) is 11.6 Å². The number of imide groups is 1. The van der Waals surface area contributed by atoms with Crippen LogP contribution in [0.2, 0.25) is 5.02 Å². The maximum atomic E-state index is 13.0. The lowest BCUT2D eigenvalue weighted by atomic mass is 10.1. The van der Waals surface area contributed by atoms with Crippen LogP contribution in [0.25, 0.3) is 0 Å². The number of rotatable bonds is 6. The van der Waals surface area contributed by atoms with Crippen LogP contribution in [0.3, 0.4) is 0 Å². The van der Waals surface area contributed by atoms with E-state index in [0.717, 1.165) is 5.56 Å². The molecule has 3 amide bonds. The molecule has 1 aromatic heterocycles. The molecule has 0 spiro atoms. The van der Waals surface area contributed by atoms with E-state index in [1.54, 1.807) is 25.3 Å². The maximum Gasteiger partial charge on any atom is 0.262 e. The second-order valence-electron chi connectivity index (χ2n) is 8.76. The van der Waals surface area contributed by atoms with Crippen LogP contribution >= 0.6 is 23.4 Å². The van der Waals surface area contributed by atoms with Gasteiger partial charge in [0.05, 0.1) is 11.1 Å². The fourth-order valence-corrected chi connectivity index (χ4v) is 4.98. The number of carbonyl (C=O) groups is 3. The van der Waals surface area contributed by atoms with Crippen molar-refractivity contribution in [3.05, 3.63) is 69.7 Å². The van der Waals surface area contributed by atoms with Crippen molar-refractivity contribution >= 4 is 47.0 Å². The first-order valence-corrected chi connectivity index (χ1v) is 12.1. The van der Waals surface area contributed by atoms with Crippen LogP contribution in [0.15, 0.2) is 47.6 Å². The van der Waals surface area contributed by atoms with E-state index in [9.17, 15) is 14.4 Å². The van der Waals surface area contributed by atoms with Gasteiger partial charge >= 0.3 is 0 Å². The van der Waals surface area contributed by atoms with Gasteiger partial charge in [-0.15, -0.1) is 10.2 Å². The zero-order valence-corrected chi connectivity index (χ0v) is 20.8. The number of hydrogen-bond donors (Lipinski definition) is 1. The first-order chi connectivity index (χ1) is 16.1. The van der Waals surface area contributed by atoms with Gasteiger partial charge in [0.15, 0.2) is 5.16 Å². The molecule has 1 aliphatic heterocycles. The Morgan fingerprint density at radius 2 is 1.76 bits per heavy atom. The lowest BCUT2D eigenvalue weighted by Crippen LogP contribution is -2.45. The Bertz CT molecular complexity index is 1300. The highest BCUT2D eigenvalue weighted by Gasteiger charge is 2.42. The normalized spacial score (nSPS) is 13.4. The molecule has 0 saturated heterocycles. The zero-order valence-electron chi connectivity index (χ0n) is 19.3. The van der Waals surface area contributed by atoms with Crippen molar-refractivity contribution in [1.29, 1.82) is 0 Å². The number of benzene rings is 2. The van der Waals surface area contributed by atoms with E-state index < -0.39 is 17.4 Å². The molecule has 0 atom stereocenters. The number of fused-ring (bicyclic) bond motifs is 1. The number of carbonyl (C=O) groups excluding carboxylic acids is 3. The monoisotopic (exact) mass is 497 g/mol. The quantitative estimate of drug-likeness (QED) is 0.384. The number of hydrogen-bond acceptors (Lipinski definition) is 6. The standard InChI is InChI=1S/C24H24ClN5O3S/c1-5-29-22(27-28-23(29)34-13-15-8-6-7-9-18(15)25)26-19(31)14-10-11-16-17(12-14)21(33)30(20(16)32)24(2,3)4/h6-12H,5,13H2,1-4H3,(H,26,27,31). The van der Waals surface area contributed by atoms with Crippen LogP contribution in [0.1, 0.15) is 64.3 Å². The number of aromatic nitrogens is 3. The van der Waals surface area contributed by atoms with Crippen molar-refractivity contribution in [2.45, 2.75) is 50.7 Å². The fraction of sp³-hybridized carbons (Fsp3) is 0.292. The molecule has 0 unspecified atom stereocenters. The molecule has 2 aromatic carbocycles. The number of nitrogens with one attached hydrogen (secondary N) is 1. The number of thioether (sulfide) groups is 1. The molecular formula is C24H24ClN5O3S. The highest BCUT2D eigenvalue weighted by Crippen LogP contribution is 2.30. The summed E-state index contributed by atoms with van der Waals surface area (Å²) in [6.07, 6.45) is 0. The van der Waals surface area contributed by atoms with Gasteiger partial charge in [0, 0.05) is 28.4 Å². The summed E-state index contributed by atoms with van der Waals surface area (Å²) in [5, 5.41) is 12.4. The van der Waals surface area contributed by atoms with E-state index in [2.05, 4.69) is 15.5 Å². The Balaban J connectivity index is 1.52. The van der Waals surface area contributed by atoms with Crippen molar-refractivity contribution in [2.24, 2.45) is 0 Å². The van der Waals surface area contributed by atoms with Gasteiger partial charge in [0.25, 0.3) is 17.7 Å². The summed E-state index contributed by atoms with van der Waals surface area (Å²) >= 11 is 7.71. The predicted octanol–water partition coefficient (Wildman–Crippen LogP) is 4.89. The lowest BCUT2D eigenvalue weighted by Gasteiger charge is -2.29. The van der Waals surface area contributed by atoms with Gasteiger partial charge in [-0.1, -0.05) is 41.6 Å². The molecule has 34 heavy (non-hydrogen) atoms. The summed E-state index contributed by atoms with van der Waals surface area (Å²) in [5.74, 6) is -0.297. The Hall–Kier alpha value is -3.17. The average Bonchev–Trinajstić information content (AvgIpc) is 3.29. The second kappa shape index (κ2) is 9.23. The molecule has 0 bridgehead atoms. The van der Waals surface area contributed by atoms with Crippen molar-refractivity contribution < 1.29 is 14.4 Å². The van der Waals surface area contributed by atoms with Gasteiger partial charge in [-0.3, -0.25) is 29.2 Å². The largest absolute Gasteiger partial charge is 0.290 e. The maximum absolute atomic E-state index is 13.0. The number of amides is 3. The van der Waals surface area contributed by atoms with Crippen LogP contribution in [0.5, 0.6) is 0 Å². The number of anilines is 1. The smallest absolute Gasteiger partial charge is 0.262 e. The second-order valence-corrected chi connectivity index (χ2v) is 10.1. The summed E-state index contributed by atoms with van der Waals surface area (Å²) in [6, 6.07) is 12.1. The van der Waals surface area contributed by atoms with Gasteiger partial charge in [-0.25, -0.2) is 0 Å². The van der Waals surface area contributed by atoms with Gasteiger partial charge in [-0.05, 0) is 57.5 Å². The van der Waals surface area contributed by atoms with Crippen LogP contribution in [-0.4, -0.2) is 42.9 Å². The fourth-order valence-electron chi connectivity index (χ4n) is 3.70. The van der Waals surface area contributed by atoms with Gasteiger partial charge in [-0.2, -0.15) is 0 Å². The summed E-state index contributed by atoms with van der Waals surface area (Å²) in [5.41, 5.74) is 1.09. The first kappa shape index (κ1) is 24.0. The van der Waals surface area contributed by atoms with Gasteiger partial charge < -0.3 is 0 Å². The highest BCUT2D eigenvalue weighted by molar-refractivity contribution is 7.98. The molecule has 10 heteroatoms. The first-order valence-electron chi connectivity index (χ1n) is 10.8. The Labute approximate surface area is 206 Å². The highest BCUT2D eigenvalue weighted by atomic mass is 35.5. The van der Waals surface area contributed by atoms with Crippen molar-refractivity contribution in [1.82, 2.24) is 19.7 Å². The van der Waals surface area contributed by atoms with E-state index >= 15 is 0 Å². The molecule has 2 heterocycles. The molecule has 176 valence electrons. The average molecular weight is 498 g/mol. The molecule has 0 radical (unpaired) electrons. The number of nitrogens with zero attached hydrogens (tertiary/aromatic N) is 4. The zero-order chi connectivity index (χ0) is 24.6. The summed E-state index contributed by atoms with van der Waals surface area (Å²) < 4.78 is 1.79. The van der Waals surface area contributed by atoms with Crippen LogP contribution in [-0.2, 0) is 12.3 Å². The summed E-state index contributed by atoms with van der Waals surface area (Å²) in [7, 11) is 0. The van der Waals surface area contributed by atoms with Crippen LogP contribution in [0.4, 0.5) is 5.95 Å².